The van der Waals surface area contributed by atoms with Crippen molar-refractivity contribution in [3.05, 3.63) is 24.3 Å². The van der Waals surface area contributed by atoms with Gasteiger partial charge in [-0.1, -0.05) is 24.3 Å². The maximum Gasteiger partial charge on any atom is 0.115 e. The standard InChI is InChI=1S/C6H7O/c7-6-4-2-1-3-5-6/h1-4,6H,5H2. The van der Waals surface area contributed by atoms with Crippen LogP contribution in [0.1, 0.15) is 6.42 Å². The van der Waals surface area contributed by atoms with Gasteiger partial charge in [0.1, 0.15) is 6.10 Å². The Balaban J connectivity index is 2.49. The smallest absolute Gasteiger partial charge is 0.115 e. The largest absolute Gasteiger partial charge is 0.228 e. The summed E-state index contributed by atoms with van der Waals surface area (Å²) in [6.45, 7) is 0. The average molecular weight is 95.1 g/mol. The Bertz CT molecular complexity index is 103. The third-order valence-electron chi connectivity index (χ3n) is 0.941. The van der Waals surface area contributed by atoms with Crippen molar-refractivity contribution in [2.45, 2.75) is 12.5 Å². The summed E-state index contributed by atoms with van der Waals surface area (Å²) < 4.78 is 0. The van der Waals surface area contributed by atoms with Crippen LogP contribution in [0.5, 0.6) is 0 Å². The van der Waals surface area contributed by atoms with E-state index in [1.807, 2.05) is 12.2 Å². The molecule has 0 heterocycles. The van der Waals surface area contributed by atoms with E-state index in [-0.39, 0.29) is 0 Å². The molecule has 0 saturated heterocycles. The van der Waals surface area contributed by atoms with Gasteiger partial charge in [-0.2, -0.15) is 0 Å². The van der Waals surface area contributed by atoms with Crippen LogP contribution in [0.25, 0.3) is 0 Å². The molecule has 0 fully saturated rings. The van der Waals surface area contributed by atoms with Crippen LogP contribution in [0, 0.1) is 0 Å². The van der Waals surface area contributed by atoms with E-state index in [2.05, 4.69) is 0 Å². The first-order valence-corrected chi connectivity index (χ1v) is 2.39. The third-order valence-corrected chi connectivity index (χ3v) is 0.941. The topological polar surface area (TPSA) is 19.9 Å². The molecule has 1 rings (SSSR count). The third kappa shape index (κ3) is 1.16. The summed E-state index contributed by atoms with van der Waals surface area (Å²) in [6.07, 6.45) is 7.42. The van der Waals surface area contributed by atoms with Gasteiger partial charge in [-0.15, -0.1) is 0 Å². The SMILES string of the molecule is [O]C1C=CC=CC1. The zero-order valence-electron chi connectivity index (χ0n) is 4.00. The van der Waals surface area contributed by atoms with Crippen molar-refractivity contribution in [2.75, 3.05) is 0 Å². The lowest BCUT2D eigenvalue weighted by Crippen LogP contribution is -1.98. The van der Waals surface area contributed by atoms with Crippen LogP contribution in [0.15, 0.2) is 24.3 Å². The van der Waals surface area contributed by atoms with Gasteiger partial charge in [0.25, 0.3) is 0 Å². The van der Waals surface area contributed by atoms with Crippen LogP contribution in [-0.4, -0.2) is 6.10 Å². The molecule has 1 heteroatoms. The first kappa shape index (κ1) is 4.60. The van der Waals surface area contributed by atoms with E-state index in [1.165, 1.54) is 0 Å². The Morgan fingerprint density at radius 3 is 2.57 bits per heavy atom. The second-order valence-electron chi connectivity index (χ2n) is 1.59. The van der Waals surface area contributed by atoms with Crippen molar-refractivity contribution < 1.29 is 5.11 Å². The van der Waals surface area contributed by atoms with Crippen LogP contribution in [0.2, 0.25) is 0 Å². The molecule has 1 nitrogen and oxygen atoms in total. The summed E-state index contributed by atoms with van der Waals surface area (Å²) in [7, 11) is 0. The number of rotatable bonds is 0. The van der Waals surface area contributed by atoms with Gasteiger partial charge in [-0.25, -0.2) is 5.11 Å². The minimum absolute atomic E-state index is 0.481. The van der Waals surface area contributed by atoms with Crippen molar-refractivity contribution in [1.29, 1.82) is 0 Å². The van der Waals surface area contributed by atoms with Crippen molar-refractivity contribution in [3.63, 3.8) is 0 Å². The summed E-state index contributed by atoms with van der Waals surface area (Å²) in [5, 5.41) is 10.4. The molecule has 0 aromatic carbocycles. The van der Waals surface area contributed by atoms with Gasteiger partial charge < -0.3 is 0 Å². The highest BCUT2D eigenvalue weighted by atomic mass is 16.3. The van der Waals surface area contributed by atoms with Crippen molar-refractivity contribution in [1.82, 2.24) is 0 Å². The maximum atomic E-state index is 10.4. The highest BCUT2D eigenvalue weighted by Gasteiger charge is 1.97. The molecule has 0 saturated carbocycles. The van der Waals surface area contributed by atoms with Gasteiger partial charge in [0.2, 0.25) is 0 Å². The molecule has 0 amide bonds. The van der Waals surface area contributed by atoms with E-state index < -0.39 is 6.10 Å². The van der Waals surface area contributed by atoms with Gasteiger partial charge in [-0.3, -0.25) is 0 Å². The zero-order chi connectivity index (χ0) is 5.11. The molecule has 0 spiro atoms. The summed E-state index contributed by atoms with van der Waals surface area (Å²) in [5.74, 6) is 0. The van der Waals surface area contributed by atoms with Gasteiger partial charge in [-0.05, 0) is 6.42 Å². The van der Waals surface area contributed by atoms with Gasteiger partial charge in [0.05, 0.1) is 0 Å². The Kier molecular flexibility index (Phi) is 1.27. The average Bonchev–Trinajstić information content (AvgIpc) is 1.69. The Morgan fingerprint density at radius 2 is 2.29 bits per heavy atom. The molecule has 0 bridgehead atoms. The fourth-order valence-electron chi connectivity index (χ4n) is 0.558. The van der Waals surface area contributed by atoms with E-state index in [4.69, 9.17) is 0 Å². The normalized spacial score (nSPS) is 28.4. The lowest BCUT2D eigenvalue weighted by Gasteiger charge is -1.98. The van der Waals surface area contributed by atoms with Crippen LogP contribution in [0.3, 0.4) is 0 Å². The fraction of sp³-hybridized carbons (Fsp3) is 0.333. The van der Waals surface area contributed by atoms with Gasteiger partial charge in [0.15, 0.2) is 0 Å². The Labute approximate surface area is 43.0 Å². The van der Waals surface area contributed by atoms with Crippen LogP contribution < -0.4 is 0 Å². The molecule has 1 radical (unpaired) electrons. The molecule has 1 aliphatic rings. The van der Waals surface area contributed by atoms with Crippen molar-refractivity contribution >= 4 is 0 Å². The monoisotopic (exact) mass is 95.0 g/mol. The lowest BCUT2D eigenvalue weighted by molar-refractivity contribution is 0.132. The lowest BCUT2D eigenvalue weighted by atomic mass is 10.1. The molecule has 7 heavy (non-hydrogen) atoms. The summed E-state index contributed by atoms with van der Waals surface area (Å²) in [6, 6.07) is 0. The van der Waals surface area contributed by atoms with Crippen LogP contribution >= 0.6 is 0 Å². The van der Waals surface area contributed by atoms with E-state index in [0.29, 0.717) is 6.42 Å². The highest BCUT2D eigenvalue weighted by Crippen LogP contribution is 2.01. The Morgan fingerprint density at radius 1 is 1.43 bits per heavy atom. The first-order valence-electron chi connectivity index (χ1n) is 2.39. The first-order chi connectivity index (χ1) is 3.39. The number of hydrogen-bond acceptors (Lipinski definition) is 0. The molecular weight excluding hydrogens is 88.1 g/mol. The minimum Gasteiger partial charge on any atom is -0.228 e. The summed E-state index contributed by atoms with van der Waals surface area (Å²) in [5.41, 5.74) is 0. The highest BCUT2D eigenvalue weighted by molar-refractivity contribution is 5.10. The second-order valence-corrected chi connectivity index (χ2v) is 1.59. The van der Waals surface area contributed by atoms with E-state index >= 15 is 0 Å². The molecule has 37 valence electrons. The van der Waals surface area contributed by atoms with Crippen molar-refractivity contribution in [3.8, 4) is 0 Å². The summed E-state index contributed by atoms with van der Waals surface area (Å²) in [4.78, 5) is 0. The van der Waals surface area contributed by atoms with Crippen LogP contribution in [0.4, 0.5) is 0 Å². The van der Waals surface area contributed by atoms with Crippen molar-refractivity contribution in [2.24, 2.45) is 0 Å². The molecule has 1 atom stereocenters. The van der Waals surface area contributed by atoms with Gasteiger partial charge >= 0.3 is 0 Å². The van der Waals surface area contributed by atoms with E-state index in [9.17, 15) is 5.11 Å². The molecule has 1 unspecified atom stereocenters. The maximum absolute atomic E-state index is 10.4. The molecule has 1 aliphatic carbocycles. The van der Waals surface area contributed by atoms with Gasteiger partial charge in [0, 0.05) is 0 Å². The summed E-state index contributed by atoms with van der Waals surface area (Å²) >= 11 is 0. The Hall–Kier alpha value is -0.560. The second kappa shape index (κ2) is 1.94. The zero-order valence-corrected chi connectivity index (χ0v) is 4.00. The van der Waals surface area contributed by atoms with E-state index in [1.54, 1.807) is 12.2 Å². The predicted octanol–water partition coefficient (Wildman–Crippen LogP) is 1.30. The predicted molar refractivity (Wildman–Crippen MR) is 27.4 cm³/mol. The molecule has 0 aliphatic heterocycles. The minimum atomic E-state index is -0.481. The van der Waals surface area contributed by atoms with Crippen LogP contribution in [-0.2, 0) is 5.11 Å². The number of allylic oxidation sites excluding steroid dienone is 2. The molecule has 0 aromatic rings. The molecular formula is C6H7O. The molecule has 0 aromatic heterocycles. The van der Waals surface area contributed by atoms with E-state index in [0.717, 1.165) is 0 Å². The molecule has 0 N–H and O–H groups in total. The number of hydrogen-bond donors (Lipinski definition) is 0. The fourth-order valence-corrected chi connectivity index (χ4v) is 0.558. The quantitative estimate of drug-likeness (QED) is 0.432.